The van der Waals surface area contributed by atoms with E-state index in [-0.39, 0.29) is 0 Å². The highest BCUT2D eigenvalue weighted by atomic mass is 32.2. The molecule has 76 valence electrons. The van der Waals surface area contributed by atoms with Gasteiger partial charge in [0.2, 0.25) is 0 Å². The fraction of sp³-hybridized carbons (Fsp3) is 0.500. The molecule has 1 aliphatic heterocycles. The quantitative estimate of drug-likeness (QED) is 0.825. The van der Waals surface area contributed by atoms with Crippen molar-refractivity contribution in [3.63, 3.8) is 0 Å². The third kappa shape index (κ3) is 2.26. The van der Waals surface area contributed by atoms with E-state index in [0.717, 1.165) is 23.8 Å². The van der Waals surface area contributed by atoms with E-state index in [1.165, 1.54) is 0 Å². The van der Waals surface area contributed by atoms with E-state index in [4.69, 9.17) is 4.74 Å². The lowest BCUT2D eigenvalue weighted by Gasteiger charge is -2.25. The van der Waals surface area contributed by atoms with Crippen LogP contribution in [0.1, 0.15) is 18.7 Å². The van der Waals surface area contributed by atoms with Gasteiger partial charge in [0.1, 0.15) is 0 Å². The van der Waals surface area contributed by atoms with E-state index in [0.29, 0.717) is 5.25 Å². The summed E-state index contributed by atoms with van der Waals surface area (Å²) in [4.78, 5) is 5.32. The standard InChI is InChI=1S/C10H13NO2S/c1-7(12)10-3-2-8(4-11-10)14-9-5-13-6-9/h2-4,7,9,12H,5-6H2,1H3/t7-/m0/s1. The Kier molecular flexibility index (Phi) is 3.05. The molecule has 1 aliphatic rings. The lowest BCUT2D eigenvalue weighted by Crippen LogP contribution is -2.30. The number of pyridine rings is 1. The number of rotatable bonds is 3. The van der Waals surface area contributed by atoms with Gasteiger partial charge >= 0.3 is 0 Å². The Morgan fingerprint density at radius 2 is 2.36 bits per heavy atom. The van der Waals surface area contributed by atoms with Gasteiger partial charge < -0.3 is 9.84 Å². The minimum absolute atomic E-state index is 0.485. The SMILES string of the molecule is C[C@H](O)c1ccc(SC2COC2)cn1. The molecule has 2 rings (SSSR count). The lowest BCUT2D eigenvalue weighted by molar-refractivity contribution is 0.0455. The number of hydrogen-bond donors (Lipinski definition) is 1. The first-order valence-corrected chi connectivity index (χ1v) is 5.52. The Morgan fingerprint density at radius 1 is 1.57 bits per heavy atom. The van der Waals surface area contributed by atoms with E-state index < -0.39 is 6.10 Å². The third-order valence-electron chi connectivity index (χ3n) is 2.10. The van der Waals surface area contributed by atoms with Crippen molar-refractivity contribution in [3.05, 3.63) is 24.0 Å². The maximum Gasteiger partial charge on any atom is 0.0931 e. The van der Waals surface area contributed by atoms with Crippen LogP contribution in [0.25, 0.3) is 0 Å². The summed E-state index contributed by atoms with van der Waals surface area (Å²) in [6.07, 6.45) is 1.33. The molecule has 1 aromatic rings. The third-order valence-corrected chi connectivity index (χ3v) is 3.22. The predicted octanol–water partition coefficient (Wildman–Crippen LogP) is 1.63. The smallest absolute Gasteiger partial charge is 0.0931 e. The van der Waals surface area contributed by atoms with Gasteiger partial charge in [-0.3, -0.25) is 4.98 Å². The van der Waals surface area contributed by atoms with Crippen LogP contribution in [0.3, 0.4) is 0 Å². The van der Waals surface area contributed by atoms with Crippen LogP contribution in [-0.4, -0.2) is 28.6 Å². The first-order chi connectivity index (χ1) is 6.75. The summed E-state index contributed by atoms with van der Waals surface area (Å²) in [5, 5.41) is 9.84. The molecule has 4 heteroatoms. The molecule has 0 spiro atoms. The molecule has 1 atom stereocenters. The van der Waals surface area contributed by atoms with Crippen LogP contribution in [0, 0.1) is 0 Å². The molecule has 1 aromatic heterocycles. The summed E-state index contributed by atoms with van der Waals surface area (Å²) in [5.74, 6) is 0. The second-order valence-corrected chi connectivity index (χ2v) is 4.75. The zero-order chi connectivity index (χ0) is 9.97. The van der Waals surface area contributed by atoms with Gasteiger partial charge in [0.05, 0.1) is 30.3 Å². The first-order valence-electron chi connectivity index (χ1n) is 4.64. The molecule has 0 unspecified atom stereocenters. The summed E-state index contributed by atoms with van der Waals surface area (Å²) in [6.45, 7) is 3.39. The van der Waals surface area contributed by atoms with E-state index in [2.05, 4.69) is 4.98 Å². The molecule has 0 amide bonds. The summed E-state index contributed by atoms with van der Waals surface area (Å²) in [6, 6.07) is 3.87. The van der Waals surface area contributed by atoms with Crippen molar-refractivity contribution in [3.8, 4) is 0 Å². The number of aliphatic hydroxyl groups excluding tert-OH is 1. The number of nitrogens with zero attached hydrogens (tertiary/aromatic N) is 1. The average molecular weight is 211 g/mol. The molecule has 1 fully saturated rings. The van der Waals surface area contributed by atoms with E-state index in [9.17, 15) is 5.11 Å². The van der Waals surface area contributed by atoms with Crippen molar-refractivity contribution >= 4 is 11.8 Å². The minimum Gasteiger partial charge on any atom is -0.387 e. The Labute approximate surface area is 87.5 Å². The van der Waals surface area contributed by atoms with Crippen molar-refractivity contribution in [2.24, 2.45) is 0 Å². The maximum atomic E-state index is 9.26. The van der Waals surface area contributed by atoms with Gasteiger partial charge in [0, 0.05) is 11.1 Å². The average Bonchev–Trinajstić information content (AvgIpc) is 2.12. The molecular weight excluding hydrogens is 198 g/mol. The summed E-state index contributed by atoms with van der Waals surface area (Å²) in [5.41, 5.74) is 0.721. The van der Waals surface area contributed by atoms with Gasteiger partial charge in [-0.05, 0) is 19.1 Å². The molecule has 0 aliphatic carbocycles. The summed E-state index contributed by atoms with van der Waals surface area (Å²) >= 11 is 1.78. The molecular formula is C10H13NO2S. The van der Waals surface area contributed by atoms with Gasteiger partial charge in [-0.2, -0.15) is 0 Å². The van der Waals surface area contributed by atoms with Gasteiger partial charge in [-0.1, -0.05) is 0 Å². The monoisotopic (exact) mass is 211 g/mol. The van der Waals surface area contributed by atoms with Gasteiger partial charge in [0.25, 0.3) is 0 Å². The Hall–Kier alpha value is -0.580. The molecule has 1 N–H and O–H groups in total. The van der Waals surface area contributed by atoms with Gasteiger partial charge in [-0.15, -0.1) is 11.8 Å². The fourth-order valence-corrected chi connectivity index (χ4v) is 2.16. The largest absolute Gasteiger partial charge is 0.387 e. The van der Waals surface area contributed by atoms with Crippen molar-refractivity contribution < 1.29 is 9.84 Å². The van der Waals surface area contributed by atoms with Crippen LogP contribution in [0.4, 0.5) is 0 Å². The molecule has 1 saturated heterocycles. The Bertz CT molecular complexity index is 295. The van der Waals surface area contributed by atoms with Crippen molar-refractivity contribution in [1.82, 2.24) is 4.98 Å². The number of hydrogen-bond acceptors (Lipinski definition) is 4. The maximum absolute atomic E-state index is 9.26. The van der Waals surface area contributed by atoms with Crippen molar-refractivity contribution in [1.29, 1.82) is 0 Å². The molecule has 3 nitrogen and oxygen atoms in total. The fourth-order valence-electron chi connectivity index (χ4n) is 1.18. The van der Waals surface area contributed by atoms with Gasteiger partial charge in [0.15, 0.2) is 0 Å². The minimum atomic E-state index is -0.485. The summed E-state index contributed by atoms with van der Waals surface area (Å²) < 4.78 is 5.09. The number of ether oxygens (including phenoxy) is 1. The summed E-state index contributed by atoms with van der Waals surface area (Å²) in [7, 11) is 0. The lowest BCUT2D eigenvalue weighted by atomic mass is 10.2. The van der Waals surface area contributed by atoms with Crippen LogP contribution in [0.2, 0.25) is 0 Å². The highest BCUT2D eigenvalue weighted by Crippen LogP contribution is 2.27. The highest BCUT2D eigenvalue weighted by Gasteiger charge is 2.19. The van der Waals surface area contributed by atoms with E-state index in [1.807, 2.05) is 18.3 Å². The van der Waals surface area contributed by atoms with Gasteiger partial charge in [-0.25, -0.2) is 0 Å². The van der Waals surface area contributed by atoms with Crippen LogP contribution < -0.4 is 0 Å². The van der Waals surface area contributed by atoms with Crippen LogP contribution in [-0.2, 0) is 4.74 Å². The van der Waals surface area contributed by atoms with Crippen molar-refractivity contribution in [2.75, 3.05) is 13.2 Å². The number of aliphatic hydroxyl groups is 1. The van der Waals surface area contributed by atoms with Crippen LogP contribution >= 0.6 is 11.8 Å². The topological polar surface area (TPSA) is 42.4 Å². The highest BCUT2D eigenvalue weighted by molar-refractivity contribution is 8.00. The molecule has 2 heterocycles. The van der Waals surface area contributed by atoms with Crippen LogP contribution in [0.5, 0.6) is 0 Å². The zero-order valence-corrected chi connectivity index (χ0v) is 8.83. The molecule has 0 saturated carbocycles. The number of aromatic nitrogens is 1. The molecule has 0 bridgehead atoms. The van der Waals surface area contributed by atoms with E-state index >= 15 is 0 Å². The van der Waals surface area contributed by atoms with E-state index in [1.54, 1.807) is 18.7 Å². The Balaban J connectivity index is 1.98. The Morgan fingerprint density at radius 3 is 2.79 bits per heavy atom. The number of thioether (sulfide) groups is 1. The van der Waals surface area contributed by atoms with Crippen molar-refractivity contribution in [2.45, 2.75) is 23.2 Å². The zero-order valence-electron chi connectivity index (χ0n) is 8.01. The molecule has 0 aromatic carbocycles. The second kappa shape index (κ2) is 4.29. The normalized spacial score (nSPS) is 19.0. The first kappa shape index (κ1) is 9.96. The predicted molar refractivity (Wildman–Crippen MR) is 55.3 cm³/mol. The molecule has 14 heavy (non-hydrogen) atoms. The molecule has 0 radical (unpaired) electrons. The second-order valence-electron chi connectivity index (χ2n) is 3.37. The van der Waals surface area contributed by atoms with Crippen LogP contribution in [0.15, 0.2) is 23.2 Å².